The van der Waals surface area contributed by atoms with E-state index in [1.807, 2.05) is 0 Å². The lowest BCUT2D eigenvalue weighted by molar-refractivity contribution is -0.145. The summed E-state index contributed by atoms with van der Waals surface area (Å²) in [6, 6.07) is 7.63. The van der Waals surface area contributed by atoms with Gasteiger partial charge < -0.3 is 19.5 Å². The topological polar surface area (TPSA) is 90.9 Å². The molecular weight excluding hydrogens is 409 g/mol. The van der Waals surface area contributed by atoms with Crippen LogP contribution >= 0.6 is 23.2 Å². The monoisotopic (exact) mass is 423 g/mol. The molecule has 0 aromatic heterocycles. The average molecular weight is 424 g/mol. The van der Waals surface area contributed by atoms with Crippen molar-refractivity contribution in [2.45, 2.75) is 13.5 Å². The Hall–Kier alpha value is -2.77. The van der Waals surface area contributed by atoms with Crippen molar-refractivity contribution < 1.29 is 28.6 Å². The van der Waals surface area contributed by atoms with Gasteiger partial charge in [-0.05, 0) is 37.3 Å². The van der Waals surface area contributed by atoms with E-state index in [4.69, 9.17) is 37.4 Å². The molecule has 2 aromatic rings. The summed E-state index contributed by atoms with van der Waals surface area (Å²) in [6.45, 7) is 1.85. The third-order valence-electron chi connectivity index (χ3n) is 3.89. The number of nitrogens with one attached hydrogen (secondary N) is 1. The molecule has 28 heavy (non-hydrogen) atoms. The van der Waals surface area contributed by atoms with Crippen molar-refractivity contribution in [1.29, 1.82) is 0 Å². The van der Waals surface area contributed by atoms with Crippen molar-refractivity contribution in [3.05, 3.63) is 57.1 Å². The fourth-order valence-corrected chi connectivity index (χ4v) is 3.04. The van der Waals surface area contributed by atoms with Gasteiger partial charge in [-0.15, -0.1) is 0 Å². The third-order valence-corrected chi connectivity index (χ3v) is 4.76. The molecule has 0 saturated carbocycles. The Morgan fingerprint density at radius 3 is 2.71 bits per heavy atom. The molecule has 146 valence electrons. The van der Waals surface area contributed by atoms with Gasteiger partial charge in [-0.3, -0.25) is 4.79 Å². The maximum Gasteiger partial charge on any atom is 0.412 e. The number of halogens is 2. The maximum absolute atomic E-state index is 12.8. The van der Waals surface area contributed by atoms with Crippen molar-refractivity contribution in [3.8, 4) is 11.5 Å². The fraction of sp³-hybridized carbons (Fsp3) is 0.211. The fourth-order valence-electron chi connectivity index (χ4n) is 2.58. The summed E-state index contributed by atoms with van der Waals surface area (Å²) in [4.78, 5) is 35.5. The van der Waals surface area contributed by atoms with Gasteiger partial charge in [0.1, 0.15) is 16.5 Å². The number of esters is 1. The number of hydrogen-bond acceptors (Lipinski definition) is 6. The number of fused-ring (bicyclic) bond motifs is 1. The van der Waals surface area contributed by atoms with E-state index in [1.165, 1.54) is 18.2 Å². The van der Waals surface area contributed by atoms with E-state index in [9.17, 15) is 14.4 Å². The minimum Gasteiger partial charge on any atom is -0.480 e. The van der Waals surface area contributed by atoms with Crippen molar-refractivity contribution in [2.75, 3.05) is 13.2 Å². The second kappa shape index (κ2) is 8.50. The minimum atomic E-state index is -0.543. The molecule has 0 aliphatic carbocycles. The largest absolute Gasteiger partial charge is 0.480 e. The first kappa shape index (κ1) is 20.0. The first-order valence-electron chi connectivity index (χ1n) is 8.30. The van der Waals surface area contributed by atoms with Crippen LogP contribution in [0.1, 0.15) is 28.4 Å². The molecule has 0 saturated heterocycles. The van der Waals surface area contributed by atoms with Crippen LogP contribution < -0.4 is 14.8 Å². The van der Waals surface area contributed by atoms with E-state index in [0.717, 1.165) is 0 Å². The van der Waals surface area contributed by atoms with Crippen LogP contribution in [0, 0.1) is 0 Å². The molecule has 0 atom stereocenters. The summed E-state index contributed by atoms with van der Waals surface area (Å²) in [6.07, 6.45) is -0.542. The number of ether oxygens (including phenoxy) is 3. The second-order valence-corrected chi connectivity index (χ2v) is 6.48. The Balaban J connectivity index is 1.82. The molecule has 1 N–H and O–H groups in total. The van der Waals surface area contributed by atoms with Gasteiger partial charge >= 0.3 is 12.1 Å². The molecular formula is C19H15Cl2NO6. The van der Waals surface area contributed by atoms with Crippen LogP contribution in [-0.4, -0.2) is 31.1 Å². The van der Waals surface area contributed by atoms with Crippen molar-refractivity contribution in [1.82, 2.24) is 5.32 Å². The van der Waals surface area contributed by atoms with Crippen LogP contribution in [0.5, 0.6) is 11.5 Å². The Kier molecular flexibility index (Phi) is 6.06. The predicted molar refractivity (Wildman–Crippen MR) is 101 cm³/mol. The number of rotatable bonds is 6. The molecule has 7 nitrogen and oxygen atoms in total. The number of carbonyl (C=O) groups excluding carboxylic acids is 3. The average Bonchev–Trinajstić information content (AvgIpc) is 2.68. The number of benzene rings is 2. The van der Waals surface area contributed by atoms with E-state index in [-0.39, 0.29) is 46.9 Å². The van der Waals surface area contributed by atoms with Gasteiger partial charge in [0.2, 0.25) is 0 Å². The molecule has 0 fully saturated rings. The highest BCUT2D eigenvalue weighted by Crippen LogP contribution is 2.36. The van der Waals surface area contributed by atoms with Gasteiger partial charge in [-0.2, -0.15) is 0 Å². The number of carbonyl (C=O) groups is 3. The van der Waals surface area contributed by atoms with Crippen LogP contribution in [0.3, 0.4) is 0 Å². The summed E-state index contributed by atoms with van der Waals surface area (Å²) in [7, 11) is 0. The zero-order chi connectivity index (χ0) is 20.3. The van der Waals surface area contributed by atoms with E-state index >= 15 is 0 Å². The lowest BCUT2D eigenvalue weighted by Crippen LogP contribution is -2.31. The van der Waals surface area contributed by atoms with Crippen LogP contribution in [0.2, 0.25) is 10.0 Å². The summed E-state index contributed by atoms with van der Waals surface area (Å²) in [5, 5.41) is 2.56. The van der Waals surface area contributed by atoms with E-state index in [0.29, 0.717) is 16.9 Å². The number of ketones is 1. The highest BCUT2D eigenvalue weighted by molar-refractivity contribution is 6.45. The lowest BCUT2D eigenvalue weighted by atomic mass is 10.00. The lowest BCUT2D eigenvalue weighted by Gasteiger charge is -2.17. The SMILES string of the molecule is CCOC(=O)COc1ccc(C(=O)c2ccc3c(c2)CNC(=O)O3)c(Cl)c1Cl. The van der Waals surface area contributed by atoms with Gasteiger partial charge in [-0.1, -0.05) is 23.2 Å². The number of hydrogen-bond donors (Lipinski definition) is 1. The van der Waals surface area contributed by atoms with Gasteiger partial charge in [0, 0.05) is 23.2 Å². The highest BCUT2D eigenvalue weighted by atomic mass is 35.5. The molecule has 3 rings (SSSR count). The van der Waals surface area contributed by atoms with Crippen LogP contribution in [0.15, 0.2) is 30.3 Å². The Morgan fingerprint density at radius 1 is 1.18 bits per heavy atom. The molecule has 0 unspecified atom stereocenters. The van der Waals surface area contributed by atoms with Crippen LogP contribution in [-0.2, 0) is 16.1 Å². The highest BCUT2D eigenvalue weighted by Gasteiger charge is 2.22. The molecule has 9 heteroatoms. The molecule has 1 heterocycles. The minimum absolute atomic E-state index is 0.00954. The van der Waals surface area contributed by atoms with E-state index in [2.05, 4.69) is 5.32 Å². The van der Waals surface area contributed by atoms with Crippen LogP contribution in [0.4, 0.5) is 4.79 Å². The van der Waals surface area contributed by atoms with Crippen molar-refractivity contribution >= 4 is 41.0 Å². The molecule has 0 spiro atoms. The van der Waals surface area contributed by atoms with E-state index < -0.39 is 12.1 Å². The first-order valence-corrected chi connectivity index (χ1v) is 9.06. The van der Waals surface area contributed by atoms with Gasteiger partial charge in [-0.25, -0.2) is 9.59 Å². The first-order chi connectivity index (χ1) is 13.4. The zero-order valence-corrected chi connectivity index (χ0v) is 16.2. The molecule has 0 bridgehead atoms. The van der Waals surface area contributed by atoms with Gasteiger partial charge in [0.15, 0.2) is 12.4 Å². The molecule has 0 radical (unpaired) electrons. The quantitative estimate of drug-likeness (QED) is 0.561. The standard InChI is InChI=1S/C19H15Cl2NO6/c1-2-26-15(23)9-27-14-6-4-12(16(20)17(14)21)18(24)10-3-5-13-11(7-10)8-22-19(25)28-13/h3-7H,2,8-9H2,1H3,(H,22,25). The summed E-state index contributed by atoms with van der Waals surface area (Å²) in [5.74, 6) is -0.341. The zero-order valence-electron chi connectivity index (χ0n) is 14.7. The molecule has 2 aromatic carbocycles. The summed E-state index contributed by atoms with van der Waals surface area (Å²) >= 11 is 12.4. The molecule has 1 aliphatic heterocycles. The maximum atomic E-state index is 12.8. The van der Waals surface area contributed by atoms with Gasteiger partial charge in [0.25, 0.3) is 0 Å². The summed E-state index contributed by atoms with van der Waals surface area (Å²) in [5.41, 5.74) is 1.20. The summed E-state index contributed by atoms with van der Waals surface area (Å²) < 4.78 is 15.1. The van der Waals surface area contributed by atoms with Gasteiger partial charge in [0.05, 0.1) is 11.6 Å². The van der Waals surface area contributed by atoms with Crippen molar-refractivity contribution in [2.24, 2.45) is 0 Å². The molecule has 1 amide bonds. The smallest absolute Gasteiger partial charge is 0.412 e. The Morgan fingerprint density at radius 2 is 1.96 bits per heavy atom. The Bertz CT molecular complexity index is 960. The predicted octanol–water partition coefficient (Wildman–Crippen LogP) is 3.77. The Labute approximate surface area is 170 Å². The van der Waals surface area contributed by atoms with E-state index in [1.54, 1.807) is 19.1 Å². The normalized spacial score (nSPS) is 12.5. The number of amides is 1. The molecule has 1 aliphatic rings. The van der Waals surface area contributed by atoms with Crippen molar-refractivity contribution in [3.63, 3.8) is 0 Å². The van der Waals surface area contributed by atoms with Crippen LogP contribution in [0.25, 0.3) is 0 Å². The third kappa shape index (κ3) is 4.21. The second-order valence-electron chi connectivity index (χ2n) is 5.73.